The molecule has 0 aromatic heterocycles. The minimum Gasteiger partial charge on any atom is -0.329 e. The zero-order valence-electron chi connectivity index (χ0n) is 14.0. The Kier molecular flexibility index (Phi) is 6.13. The van der Waals surface area contributed by atoms with E-state index in [0.717, 1.165) is 4.90 Å². The number of anilines is 1. The number of imide groups is 1. The van der Waals surface area contributed by atoms with Crippen molar-refractivity contribution in [3.8, 4) is 0 Å². The SMILES string of the molecule is CCN(C(=O)CS(=O)(=O)CCCN1C(=O)CNC1=O)c1ccccc1. The van der Waals surface area contributed by atoms with Crippen molar-refractivity contribution in [2.45, 2.75) is 13.3 Å². The first-order valence-electron chi connectivity index (χ1n) is 7.98. The van der Waals surface area contributed by atoms with E-state index in [2.05, 4.69) is 5.32 Å². The predicted octanol–water partition coefficient (Wildman–Crippen LogP) is 0.396. The van der Waals surface area contributed by atoms with Gasteiger partial charge in [-0.05, 0) is 25.5 Å². The highest BCUT2D eigenvalue weighted by molar-refractivity contribution is 7.92. The maximum atomic E-state index is 12.3. The maximum Gasteiger partial charge on any atom is 0.324 e. The average molecular weight is 367 g/mol. The van der Waals surface area contributed by atoms with Crippen molar-refractivity contribution < 1.29 is 22.8 Å². The fourth-order valence-corrected chi connectivity index (χ4v) is 3.82. The lowest BCUT2D eigenvalue weighted by Gasteiger charge is -2.21. The molecule has 4 amide bonds. The van der Waals surface area contributed by atoms with Crippen LogP contribution in [0.1, 0.15) is 13.3 Å². The molecule has 0 aliphatic carbocycles. The molecule has 1 fully saturated rings. The molecule has 9 heteroatoms. The largest absolute Gasteiger partial charge is 0.329 e. The first kappa shape index (κ1) is 18.9. The van der Waals surface area contributed by atoms with Gasteiger partial charge in [-0.1, -0.05) is 18.2 Å². The molecule has 136 valence electrons. The molecule has 0 saturated carbocycles. The smallest absolute Gasteiger partial charge is 0.324 e. The fraction of sp³-hybridized carbons (Fsp3) is 0.438. The molecule has 1 aromatic rings. The molecule has 0 unspecified atom stereocenters. The molecule has 1 N–H and O–H groups in total. The third-order valence-electron chi connectivity index (χ3n) is 3.80. The second-order valence-electron chi connectivity index (χ2n) is 5.62. The van der Waals surface area contributed by atoms with Gasteiger partial charge in [0.25, 0.3) is 0 Å². The van der Waals surface area contributed by atoms with Crippen LogP contribution in [0.4, 0.5) is 10.5 Å². The van der Waals surface area contributed by atoms with E-state index in [1.807, 2.05) is 6.07 Å². The predicted molar refractivity (Wildman–Crippen MR) is 92.9 cm³/mol. The topological polar surface area (TPSA) is 104 Å². The highest BCUT2D eigenvalue weighted by Crippen LogP contribution is 2.14. The molecule has 0 atom stereocenters. The normalized spacial score (nSPS) is 14.5. The molecule has 1 aromatic carbocycles. The summed E-state index contributed by atoms with van der Waals surface area (Å²) in [7, 11) is -3.63. The van der Waals surface area contributed by atoms with E-state index >= 15 is 0 Å². The Bertz CT molecular complexity index is 732. The molecule has 8 nitrogen and oxygen atoms in total. The summed E-state index contributed by atoms with van der Waals surface area (Å²) in [6.45, 7) is 2.09. The molecule has 1 saturated heterocycles. The third kappa shape index (κ3) is 5.02. The van der Waals surface area contributed by atoms with Gasteiger partial charge in [0.15, 0.2) is 9.84 Å². The fourth-order valence-electron chi connectivity index (χ4n) is 2.57. The Hall–Kier alpha value is -2.42. The first-order valence-corrected chi connectivity index (χ1v) is 9.80. The third-order valence-corrected chi connectivity index (χ3v) is 5.40. The summed E-state index contributed by atoms with van der Waals surface area (Å²) < 4.78 is 24.4. The number of amides is 4. The molecule has 1 heterocycles. The van der Waals surface area contributed by atoms with Crippen LogP contribution in [-0.4, -0.2) is 62.3 Å². The number of hydrogen-bond donors (Lipinski definition) is 1. The Labute approximate surface area is 146 Å². The Morgan fingerprint density at radius 2 is 1.92 bits per heavy atom. The van der Waals surface area contributed by atoms with E-state index in [4.69, 9.17) is 0 Å². The van der Waals surface area contributed by atoms with Gasteiger partial charge >= 0.3 is 6.03 Å². The zero-order chi connectivity index (χ0) is 18.4. The number of nitrogens with zero attached hydrogens (tertiary/aromatic N) is 2. The van der Waals surface area contributed by atoms with Crippen LogP contribution < -0.4 is 10.2 Å². The highest BCUT2D eigenvalue weighted by Gasteiger charge is 2.28. The van der Waals surface area contributed by atoms with Crippen LogP contribution in [-0.2, 0) is 19.4 Å². The Morgan fingerprint density at radius 1 is 1.24 bits per heavy atom. The number of para-hydroxylation sites is 1. The molecule has 0 radical (unpaired) electrons. The van der Waals surface area contributed by atoms with Crippen LogP contribution in [0.3, 0.4) is 0 Å². The van der Waals surface area contributed by atoms with Crippen molar-refractivity contribution in [1.29, 1.82) is 0 Å². The minimum atomic E-state index is -3.63. The van der Waals surface area contributed by atoms with Crippen LogP contribution in [0.5, 0.6) is 0 Å². The Morgan fingerprint density at radius 3 is 2.48 bits per heavy atom. The van der Waals surface area contributed by atoms with Crippen molar-refractivity contribution >= 4 is 33.4 Å². The summed E-state index contributed by atoms with van der Waals surface area (Å²) >= 11 is 0. The summed E-state index contributed by atoms with van der Waals surface area (Å²) in [6, 6.07) is 8.33. The monoisotopic (exact) mass is 367 g/mol. The van der Waals surface area contributed by atoms with Crippen LogP contribution in [0.25, 0.3) is 0 Å². The minimum absolute atomic E-state index is 0.0221. The molecule has 25 heavy (non-hydrogen) atoms. The number of rotatable bonds is 8. The molecular formula is C16H21N3O5S. The molecule has 1 aliphatic heterocycles. The standard InChI is InChI=1S/C16H21N3O5S/c1-2-18(13-7-4-3-5-8-13)15(21)12-25(23,24)10-6-9-19-14(20)11-17-16(19)22/h3-5,7-8H,2,6,9-12H2,1H3,(H,17,22). The van der Waals surface area contributed by atoms with Crippen molar-refractivity contribution in [3.63, 3.8) is 0 Å². The van der Waals surface area contributed by atoms with E-state index in [1.165, 1.54) is 4.90 Å². The lowest BCUT2D eigenvalue weighted by molar-refractivity contribution is -0.125. The van der Waals surface area contributed by atoms with Gasteiger partial charge in [0, 0.05) is 18.8 Å². The van der Waals surface area contributed by atoms with E-state index < -0.39 is 27.5 Å². The van der Waals surface area contributed by atoms with Crippen molar-refractivity contribution in [1.82, 2.24) is 10.2 Å². The van der Waals surface area contributed by atoms with E-state index in [9.17, 15) is 22.8 Å². The van der Waals surface area contributed by atoms with Crippen molar-refractivity contribution in [2.24, 2.45) is 0 Å². The lowest BCUT2D eigenvalue weighted by Crippen LogP contribution is -2.37. The second kappa shape index (κ2) is 8.11. The van der Waals surface area contributed by atoms with E-state index in [1.54, 1.807) is 31.2 Å². The second-order valence-corrected chi connectivity index (χ2v) is 7.81. The summed E-state index contributed by atoms with van der Waals surface area (Å²) in [4.78, 5) is 37.6. The zero-order valence-corrected chi connectivity index (χ0v) is 14.8. The summed E-state index contributed by atoms with van der Waals surface area (Å²) in [5, 5.41) is 2.37. The van der Waals surface area contributed by atoms with Gasteiger partial charge < -0.3 is 10.2 Å². The van der Waals surface area contributed by atoms with Gasteiger partial charge in [-0.2, -0.15) is 0 Å². The molecular weight excluding hydrogens is 346 g/mol. The first-order chi connectivity index (χ1) is 11.8. The Balaban J connectivity index is 1.90. The van der Waals surface area contributed by atoms with Crippen LogP contribution in [0.2, 0.25) is 0 Å². The highest BCUT2D eigenvalue weighted by atomic mass is 32.2. The van der Waals surface area contributed by atoms with Gasteiger partial charge in [-0.15, -0.1) is 0 Å². The molecule has 2 rings (SSSR count). The number of sulfone groups is 1. The number of hydrogen-bond acceptors (Lipinski definition) is 5. The average Bonchev–Trinajstić information content (AvgIpc) is 2.88. The van der Waals surface area contributed by atoms with Crippen LogP contribution in [0.15, 0.2) is 30.3 Å². The summed E-state index contributed by atoms with van der Waals surface area (Å²) in [5.74, 6) is -1.73. The summed E-state index contributed by atoms with van der Waals surface area (Å²) in [5.41, 5.74) is 0.643. The van der Waals surface area contributed by atoms with Crippen LogP contribution in [0, 0.1) is 0 Å². The number of carbonyl (C=O) groups excluding carboxylic acids is 3. The van der Waals surface area contributed by atoms with E-state index in [0.29, 0.717) is 12.2 Å². The number of urea groups is 1. The van der Waals surface area contributed by atoms with Gasteiger partial charge in [0.1, 0.15) is 5.75 Å². The molecule has 0 bridgehead atoms. The number of benzene rings is 1. The number of carbonyl (C=O) groups is 3. The van der Waals surface area contributed by atoms with Crippen molar-refractivity contribution in [3.05, 3.63) is 30.3 Å². The van der Waals surface area contributed by atoms with Gasteiger partial charge in [-0.25, -0.2) is 13.2 Å². The van der Waals surface area contributed by atoms with Gasteiger partial charge in [0.05, 0.1) is 12.3 Å². The van der Waals surface area contributed by atoms with E-state index in [-0.39, 0.29) is 31.2 Å². The van der Waals surface area contributed by atoms with Crippen LogP contribution >= 0.6 is 0 Å². The molecule has 1 aliphatic rings. The maximum absolute atomic E-state index is 12.3. The lowest BCUT2D eigenvalue weighted by atomic mass is 10.3. The summed E-state index contributed by atoms with van der Waals surface area (Å²) in [6.07, 6.45) is 0.103. The number of nitrogens with one attached hydrogen (secondary N) is 1. The van der Waals surface area contributed by atoms with Gasteiger partial charge in [-0.3, -0.25) is 14.5 Å². The quantitative estimate of drug-likeness (QED) is 0.670. The molecule has 0 spiro atoms. The van der Waals surface area contributed by atoms with Gasteiger partial charge in [0.2, 0.25) is 11.8 Å². The van der Waals surface area contributed by atoms with Crippen molar-refractivity contribution in [2.75, 3.05) is 36.0 Å².